The number of aryl methyl sites for hydroxylation is 1. The van der Waals surface area contributed by atoms with E-state index in [0.29, 0.717) is 23.7 Å². The van der Waals surface area contributed by atoms with Crippen LogP contribution in [0, 0.1) is 19.8 Å². The molecule has 0 bridgehead atoms. The van der Waals surface area contributed by atoms with Gasteiger partial charge in [0.25, 0.3) is 15.9 Å². The van der Waals surface area contributed by atoms with Gasteiger partial charge < -0.3 is 11.1 Å². The van der Waals surface area contributed by atoms with E-state index in [-0.39, 0.29) is 29.3 Å². The number of hydrogen-bond acceptors (Lipinski definition) is 4. The number of carbonyl (C=O) groups excluding carboxylic acids is 1. The first-order chi connectivity index (χ1) is 12.8. The van der Waals surface area contributed by atoms with Gasteiger partial charge in [0.1, 0.15) is 0 Å². The number of benzene rings is 2. The predicted octanol–water partition coefficient (Wildman–Crippen LogP) is 2.99. The minimum absolute atomic E-state index is 0. The van der Waals surface area contributed by atoms with Crippen molar-refractivity contribution in [2.75, 3.05) is 11.3 Å². The van der Waals surface area contributed by atoms with Crippen LogP contribution >= 0.6 is 12.4 Å². The number of carbonyl (C=O) groups is 1. The van der Waals surface area contributed by atoms with Crippen molar-refractivity contribution in [3.8, 4) is 0 Å². The van der Waals surface area contributed by atoms with Crippen LogP contribution in [0.4, 0.5) is 5.69 Å². The van der Waals surface area contributed by atoms with Crippen molar-refractivity contribution in [2.24, 2.45) is 11.7 Å². The van der Waals surface area contributed by atoms with Crippen LogP contribution in [-0.2, 0) is 10.0 Å². The fourth-order valence-corrected chi connectivity index (χ4v) is 4.09. The van der Waals surface area contributed by atoms with E-state index in [0.717, 1.165) is 24.0 Å². The molecule has 0 spiro atoms. The Balaban J connectivity index is 0.00000280. The Morgan fingerprint density at radius 3 is 2.36 bits per heavy atom. The largest absolute Gasteiger partial charge is 0.348 e. The monoisotopic (exact) mass is 423 g/mol. The molecule has 1 unspecified atom stereocenters. The molecule has 28 heavy (non-hydrogen) atoms. The average molecular weight is 424 g/mol. The number of nitrogens with one attached hydrogen (secondary N) is 2. The van der Waals surface area contributed by atoms with Crippen LogP contribution in [-0.4, -0.2) is 26.9 Å². The smallest absolute Gasteiger partial charge is 0.261 e. The molecule has 0 radical (unpaired) electrons. The second-order valence-corrected chi connectivity index (χ2v) is 8.71. The normalized spacial score (nSPS) is 14.7. The first-order valence-corrected chi connectivity index (χ1v) is 10.5. The Kier molecular flexibility index (Phi) is 7.09. The van der Waals surface area contributed by atoms with Crippen molar-refractivity contribution >= 4 is 34.0 Å². The molecule has 1 aliphatic rings. The van der Waals surface area contributed by atoms with Crippen molar-refractivity contribution in [1.29, 1.82) is 0 Å². The summed E-state index contributed by atoms with van der Waals surface area (Å²) < 4.78 is 27.9. The fourth-order valence-electron chi connectivity index (χ4n) is 2.97. The topological polar surface area (TPSA) is 101 Å². The van der Waals surface area contributed by atoms with Gasteiger partial charge in [-0.1, -0.05) is 12.1 Å². The van der Waals surface area contributed by atoms with Crippen molar-refractivity contribution in [3.63, 3.8) is 0 Å². The molecular formula is C20H26ClN3O3S. The molecule has 8 heteroatoms. The zero-order valence-electron chi connectivity index (χ0n) is 15.9. The van der Waals surface area contributed by atoms with E-state index in [1.54, 1.807) is 12.1 Å². The van der Waals surface area contributed by atoms with Gasteiger partial charge in [-0.3, -0.25) is 9.52 Å². The van der Waals surface area contributed by atoms with E-state index in [1.807, 2.05) is 19.9 Å². The standard InChI is InChI=1S/C20H25N3O3S.ClH/c1-13-4-3-5-18(14(13)2)23-27(25,26)17-10-8-16(9-11-17)20(24)22-19(12-21)15-6-7-15;/h3-5,8-11,15,19,23H,6-7,12,21H2,1-2H3,(H,22,24);1H. The molecule has 3 rings (SSSR count). The van der Waals surface area contributed by atoms with Crippen molar-refractivity contribution in [3.05, 3.63) is 59.2 Å². The van der Waals surface area contributed by atoms with Gasteiger partial charge in [0.15, 0.2) is 0 Å². The Hall–Kier alpha value is -2.09. The minimum Gasteiger partial charge on any atom is -0.348 e. The van der Waals surface area contributed by atoms with Crippen molar-refractivity contribution < 1.29 is 13.2 Å². The highest BCUT2D eigenvalue weighted by atomic mass is 35.5. The van der Waals surface area contributed by atoms with Crippen LogP contribution in [0.15, 0.2) is 47.4 Å². The molecule has 6 nitrogen and oxygen atoms in total. The zero-order valence-corrected chi connectivity index (χ0v) is 17.6. The number of halogens is 1. The third-order valence-corrected chi connectivity index (χ3v) is 6.42. The Morgan fingerprint density at radius 2 is 1.79 bits per heavy atom. The van der Waals surface area contributed by atoms with Crippen LogP contribution in [0.1, 0.15) is 34.3 Å². The molecule has 2 aromatic rings. The first kappa shape index (κ1) is 22.2. The predicted molar refractivity (Wildman–Crippen MR) is 113 cm³/mol. The number of sulfonamides is 1. The summed E-state index contributed by atoms with van der Waals surface area (Å²) in [6.07, 6.45) is 2.17. The third kappa shape index (κ3) is 5.04. The molecule has 1 saturated carbocycles. The lowest BCUT2D eigenvalue weighted by atomic mass is 10.1. The maximum atomic E-state index is 12.6. The maximum Gasteiger partial charge on any atom is 0.261 e. The van der Waals surface area contributed by atoms with Gasteiger partial charge in [0, 0.05) is 18.2 Å². The first-order valence-electron chi connectivity index (χ1n) is 9.02. The molecule has 2 aromatic carbocycles. The molecule has 0 aliphatic heterocycles. The summed E-state index contributed by atoms with van der Waals surface area (Å²) in [6.45, 7) is 4.20. The average Bonchev–Trinajstić information content (AvgIpc) is 3.48. The molecule has 0 saturated heterocycles. The zero-order chi connectivity index (χ0) is 19.6. The fraction of sp³-hybridized carbons (Fsp3) is 0.350. The summed E-state index contributed by atoms with van der Waals surface area (Å²) in [7, 11) is -3.73. The molecule has 4 N–H and O–H groups in total. The highest BCUT2D eigenvalue weighted by molar-refractivity contribution is 7.92. The molecule has 0 aromatic heterocycles. The molecule has 152 valence electrons. The molecule has 1 amide bonds. The molecule has 0 heterocycles. The second kappa shape index (κ2) is 8.94. The van der Waals surface area contributed by atoms with Crippen LogP contribution < -0.4 is 15.8 Å². The lowest BCUT2D eigenvalue weighted by molar-refractivity contribution is 0.0933. The van der Waals surface area contributed by atoms with Crippen LogP contribution in [0.5, 0.6) is 0 Å². The van der Waals surface area contributed by atoms with Crippen LogP contribution in [0.3, 0.4) is 0 Å². The maximum absolute atomic E-state index is 12.6. The van der Waals surface area contributed by atoms with E-state index in [1.165, 1.54) is 24.3 Å². The minimum atomic E-state index is -3.73. The third-order valence-electron chi connectivity index (χ3n) is 5.04. The highest BCUT2D eigenvalue weighted by Gasteiger charge is 2.31. The van der Waals surface area contributed by atoms with E-state index in [4.69, 9.17) is 5.73 Å². The SMILES string of the molecule is Cc1cccc(NS(=O)(=O)c2ccc(C(=O)NC(CN)C3CC3)cc2)c1C.Cl. The summed E-state index contributed by atoms with van der Waals surface area (Å²) in [6, 6.07) is 11.4. The van der Waals surface area contributed by atoms with E-state index in [9.17, 15) is 13.2 Å². The number of anilines is 1. The Bertz CT molecular complexity index is 942. The second-order valence-electron chi connectivity index (χ2n) is 7.03. The van der Waals surface area contributed by atoms with Crippen LogP contribution in [0.25, 0.3) is 0 Å². The summed E-state index contributed by atoms with van der Waals surface area (Å²) in [5.74, 6) is 0.226. The van der Waals surface area contributed by atoms with Gasteiger partial charge >= 0.3 is 0 Å². The quantitative estimate of drug-likeness (QED) is 0.637. The molecular weight excluding hydrogens is 398 g/mol. The van der Waals surface area contributed by atoms with Crippen molar-refractivity contribution in [2.45, 2.75) is 37.6 Å². The van der Waals surface area contributed by atoms with E-state index in [2.05, 4.69) is 10.0 Å². The van der Waals surface area contributed by atoms with E-state index >= 15 is 0 Å². The number of hydrogen-bond donors (Lipinski definition) is 3. The van der Waals surface area contributed by atoms with Gasteiger partial charge in [-0.2, -0.15) is 0 Å². The van der Waals surface area contributed by atoms with Gasteiger partial charge in [0.05, 0.1) is 10.6 Å². The molecule has 1 atom stereocenters. The molecule has 1 aliphatic carbocycles. The summed E-state index contributed by atoms with van der Waals surface area (Å²) in [5.41, 5.74) is 8.57. The van der Waals surface area contributed by atoms with Gasteiger partial charge in [-0.25, -0.2) is 8.42 Å². The summed E-state index contributed by atoms with van der Waals surface area (Å²) in [4.78, 5) is 12.5. The van der Waals surface area contributed by atoms with Gasteiger partial charge in [-0.15, -0.1) is 12.4 Å². The van der Waals surface area contributed by atoms with Crippen LogP contribution in [0.2, 0.25) is 0 Å². The van der Waals surface area contributed by atoms with E-state index < -0.39 is 10.0 Å². The number of rotatable bonds is 7. The number of nitrogens with two attached hydrogens (primary N) is 1. The Morgan fingerprint density at radius 1 is 1.14 bits per heavy atom. The molecule has 1 fully saturated rings. The van der Waals surface area contributed by atoms with Gasteiger partial charge in [-0.05, 0) is 74.1 Å². The summed E-state index contributed by atoms with van der Waals surface area (Å²) >= 11 is 0. The van der Waals surface area contributed by atoms with Gasteiger partial charge in [0.2, 0.25) is 0 Å². The lowest BCUT2D eigenvalue weighted by Crippen LogP contribution is -2.41. The number of amides is 1. The summed E-state index contributed by atoms with van der Waals surface area (Å²) in [5, 5.41) is 2.93. The Labute approximate surface area is 172 Å². The highest BCUT2D eigenvalue weighted by Crippen LogP contribution is 2.32. The lowest BCUT2D eigenvalue weighted by Gasteiger charge is -2.16. The van der Waals surface area contributed by atoms with Crippen molar-refractivity contribution in [1.82, 2.24) is 5.32 Å².